The van der Waals surface area contributed by atoms with Crippen molar-refractivity contribution in [2.24, 2.45) is 0 Å². The molecule has 0 radical (unpaired) electrons. The molecular weight excluding hydrogens is 278 g/mol. The number of hydrogen-bond acceptors (Lipinski definition) is 2. The molecule has 0 saturated carbocycles. The maximum Gasteiger partial charge on any atom is 0.162 e. The van der Waals surface area contributed by atoms with Gasteiger partial charge in [-0.25, -0.2) is 8.78 Å². The van der Waals surface area contributed by atoms with Gasteiger partial charge < -0.3 is 0 Å². The molecule has 1 unspecified atom stereocenters. The van der Waals surface area contributed by atoms with Gasteiger partial charge in [-0.3, -0.25) is 4.79 Å². The van der Waals surface area contributed by atoms with Crippen LogP contribution in [-0.4, -0.2) is 5.78 Å². The van der Waals surface area contributed by atoms with Crippen LogP contribution in [0.3, 0.4) is 0 Å². The van der Waals surface area contributed by atoms with Crippen LogP contribution < -0.4 is 0 Å². The lowest BCUT2D eigenvalue weighted by Gasteiger charge is -2.21. The zero-order valence-electron chi connectivity index (χ0n) is 10.9. The quantitative estimate of drug-likeness (QED) is 0.826. The fourth-order valence-corrected chi connectivity index (χ4v) is 3.80. The molecule has 1 aliphatic carbocycles. The Bertz CT molecular complexity index is 648. The van der Waals surface area contributed by atoms with Gasteiger partial charge in [0.15, 0.2) is 11.6 Å². The van der Waals surface area contributed by atoms with E-state index in [0.717, 1.165) is 30.9 Å². The highest BCUT2D eigenvalue weighted by Crippen LogP contribution is 2.36. The Balaban J connectivity index is 1.83. The van der Waals surface area contributed by atoms with Gasteiger partial charge in [-0.2, -0.15) is 0 Å². The first-order valence-corrected chi connectivity index (χ1v) is 7.56. The summed E-state index contributed by atoms with van der Waals surface area (Å²) in [5, 5.41) is 2.00. The molecule has 0 fully saturated rings. The van der Waals surface area contributed by atoms with Crippen LogP contribution in [0.25, 0.3) is 0 Å². The maximum absolute atomic E-state index is 13.6. The fourth-order valence-electron chi connectivity index (χ4n) is 2.82. The van der Waals surface area contributed by atoms with Gasteiger partial charge in [-0.1, -0.05) is 12.1 Å². The van der Waals surface area contributed by atoms with Gasteiger partial charge in [0.25, 0.3) is 0 Å². The molecule has 0 amide bonds. The number of rotatable bonds is 3. The van der Waals surface area contributed by atoms with Crippen molar-refractivity contribution < 1.29 is 13.6 Å². The molecule has 2 aromatic rings. The summed E-state index contributed by atoms with van der Waals surface area (Å²) in [6.07, 6.45) is 2.77. The molecule has 4 heteroatoms. The van der Waals surface area contributed by atoms with Gasteiger partial charge >= 0.3 is 0 Å². The molecular formula is C16H14F2OS. The van der Waals surface area contributed by atoms with Gasteiger partial charge in [0, 0.05) is 17.2 Å². The fraction of sp³-hybridized carbons (Fsp3) is 0.312. The molecule has 1 aromatic heterocycles. The van der Waals surface area contributed by atoms with Gasteiger partial charge in [-0.05, 0) is 47.9 Å². The van der Waals surface area contributed by atoms with Crippen LogP contribution in [0.4, 0.5) is 8.78 Å². The average molecular weight is 292 g/mol. The predicted molar refractivity (Wildman–Crippen MR) is 75.1 cm³/mol. The summed E-state index contributed by atoms with van der Waals surface area (Å²) in [5.41, 5.74) is 1.24. The molecule has 0 N–H and O–H groups in total. The molecule has 0 spiro atoms. The molecule has 3 rings (SSSR count). The summed E-state index contributed by atoms with van der Waals surface area (Å²) >= 11 is 1.67. The van der Waals surface area contributed by atoms with E-state index in [1.165, 1.54) is 17.0 Å². The largest absolute Gasteiger partial charge is 0.299 e. The Morgan fingerprint density at radius 2 is 2.15 bits per heavy atom. The number of halogens is 2. The highest BCUT2D eigenvalue weighted by molar-refractivity contribution is 7.10. The van der Waals surface area contributed by atoms with Crippen LogP contribution in [0, 0.1) is 11.6 Å². The zero-order valence-corrected chi connectivity index (χ0v) is 11.7. The molecule has 104 valence electrons. The molecule has 0 bridgehead atoms. The predicted octanol–water partition coefficient (Wildman–Crippen LogP) is 4.26. The van der Waals surface area contributed by atoms with Crippen LogP contribution in [-0.2, 0) is 17.6 Å². The standard InChI is InChI=1S/C16H14F2OS/c17-13-5-1-3-10(16(13)18)9-14(19)11-4-2-6-15-12(11)7-8-20-15/h1,3,5,7-8,11H,2,4,6,9H2. The van der Waals surface area contributed by atoms with Gasteiger partial charge in [-0.15, -0.1) is 11.3 Å². The maximum atomic E-state index is 13.6. The third-order valence-corrected chi connectivity index (χ3v) is 4.83. The number of carbonyl (C=O) groups excluding carboxylic acids is 1. The van der Waals surface area contributed by atoms with E-state index in [0.29, 0.717) is 0 Å². The minimum absolute atomic E-state index is 0.0196. The molecule has 1 atom stereocenters. The Labute approximate surface area is 120 Å². The van der Waals surface area contributed by atoms with Crippen molar-refractivity contribution in [1.82, 2.24) is 0 Å². The average Bonchev–Trinajstić information content (AvgIpc) is 2.92. The first kappa shape index (κ1) is 13.4. The molecule has 1 nitrogen and oxygen atoms in total. The number of fused-ring (bicyclic) bond motifs is 1. The smallest absolute Gasteiger partial charge is 0.162 e. The molecule has 1 aliphatic rings. The van der Waals surface area contributed by atoms with E-state index in [-0.39, 0.29) is 23.7 Å². The van der Waals surface area contributed by atoms with Crippen molar-refractivity contribution in [3.05, 3.63) is 57.3 Å². The van der Waals surface area contributed by atoms with Crippen LogP contribution in [0.2, 0.25) is 0 Å². The van der Waals surface area contributed by atoms with Crippen molar-refractivity contribution in [2.75, 3.05) is 0 Å². The molecule has 1 aromatic carbocycles. The number of aryl methyl sites for hydroxylation is 1. The lowest BCUT2D eigenvalue weighted by Crippen LogP contribution is -2.19. The van der Waals surface area contributed by atoms with E-state index >= 15 is 0 Å². The van der Waals surface area contributed by atoms with Crippen molar-refractivity contribution in [3.8, 4) is 0 Å². The second-order valence-corrected chi connectivity index (χ2v) is 6.10. The molecule has 0 aliphatic heterocycles. The van der Waals surface area contributed by atoms with Gasteiger partial charge in [0.05, 0.1) is 0 Å². The topological polar surface area (TPSA) is 17.1 Å². The minimum atomic E-state index is -0.901. The Morgan fingerprint density at radius 3 is 3.00 bits per heavy atom. The van der Waals surface area contributed by atoms with Crippen LogP contribution >= 0.6 is 11.3 Å². The van der Waals surface area contributed by atoms with E-state index in [9.17, 15) is 13.6 Å². The van der Waals surface area contributed by atoms with Gasteiger partial charge in [0.2, 0.25) is 0 Å². The monoisotopic (exact) mass is 292 g/mol. The lowest BCUT2D eigenvalue weighted by atomic mass is 9.83. The Kier molecular flexibility index (Phi) is 3.66. The molecule has 1 heterocycles. The number of Topliss-reactive ketones (excluding diaryl/α,β-unsaturated/α-hetero) is 1. The number of thiophene rings is 1. The van der Waals surface area contributed by atoms with Crippen LogP contribution in [0.1, 0.15) is 34.8 Å². The Hall–Kier alpha value is -1.55. The van der Waals surface area contributed by atoms with E-state index in [1.807, 2.05) is 11.4 Å². The number of hydrogen-bond donors (Lipinski definition) is 0. The second kappa shape index (κ2) is 5.44. The number of benzene rings is 1. The summed E-state index contributed by atoms with van der Waals surface area (Å²) < 4.78 is 26.8. The summed E-state index contributed by atoms with van der Waals surface area (Å²) in [4.78, 5) is 13.7. The summed E-state index contributed by atoms with van der Waals surface area (Å²) in [6.45, 7) is 0. The highest BCUT2D eigenvalue weighted by Gasteiger charge is 2.27. The van der Waals surface area contributed by atoms with E-state index in [2.05, 4.69) is 0 Å². The summed E-state index contributed by atoms with van der Waals surface area (Å²) in [5.74, 6) is -1.97. The normalized spacial score (nSPS) is 17.8. The van der Waals surface area contributed by atoms with Crippen molar-refractivity contribution >= 4 is 17.1 Å². The van der Waals surface area contributed by atoms with Crippen molar-refractivity contribution in [3.63, 3.8) is 0 Å². The third-order valence-electron chi connectivity index (χ3n) is 3.84. The SMILES string of the molecule is O=C(Cc1cccc(F)c1F)C1CCCc2sccc21. The second-order valence-electron chi connectivity index (χ2n) is 5.10. The summed E-state index contributed by atoms with van der Waals surface area (Å²) in [7, 11) is 0. The third kappa shape index (κ3) is 2.40. The van der Waals surface area contributed by atoms with Gasteiger partial charge in [0.1, 0.15) is 5.78 Å². The Morgan fingerprint density at radius 1 is 1.30 bits per heavy atom. The highest BCUT2D eigenvalue weighted by atomic mass is 32.1. The lowest BCUT2D eigenvalue weighted by molar-refractivity contribution is -0.120. The first-order valence-electron chi connectivity index (χ1n) is 6.68. The van der Waals surface area contributed by atoms with Crippen molar-refractivity contribution in [1.29, 1.82) is 0 Å². The summed E-state index contributed by atoms with van der Waals surface area (Å²) in [6, 6.07) is 5.98. The minimum Gasteiger partial charge on any atom is -0.299 e. The number of ketones is 1. The molecule has 0 saturated heterocycles. The zero-order chi connectivity index (χ0) is 14.1. The van der Waals surface area contributed by atoms with Crippen LogP contribution in [0.15, 0.2) is 29.6 Å². The first-order chi connectivity index (χ1) is 9.66. The van der Waals surface area contributed by atoms with E-state index in [1.54, 1.807) is 11.3 Å². The number of carbonyl (C=O) groups is 1. The van der Waals surface area contributed by atoms with Crippen molar-refractivity contribution in [2.45, 2.75) is 31.6 Å². The van der Waals surface area contributed by atoms with E-state index in [4.69, 9.17) is 0 Å². The molecule has 20 heavy (non-hydrogen) atoms. The van der Waals surface area contributed by atoms with E-state index < -0.39 is 11.6 Å². The van der Waals surface area contributed by atoms with Crippen LogP contribution in [0.5, 0.6) is 0 Å².